The van der Waals surface area contributed by atoms with E-state index in [1.54, 1.807) is 0 Å². The Morgan fingerprint density at radius 3 is 2.00 bits per heavy atom. The minimum Gasteiger partial charge on any atom is -0.315 e. The first-order chi connectivity index (χ1) is 23.8. The minimum absolute atomic E-state index is 0.783. The third kappa shape index (κ3) is 4.38. The lowest BCUT2D eigenvalue weighted by Crippen LogP contribution is -2.08. The van der Waals surface area contributed by atoms with Crippen LogP contribution in [-0.2, 0) is 0 Å². The van der Waals surface area contributed by atoms with Crippen molar-refractivity contribution in [2.75, 3.05) is 0 Å². The van der Waals surface area contributed by atoms with E-state index in [-0.39, 0.29) is 0 Å². The zero-order valence-corrected chi connectivity index (χ0v) is 26.2. The Hall–Kier alpha value is -6.52. The predicted molar refractivity (Wildman–Crippen MR) is 202 cm³/mol. The van der Waals surface area contributed by atoms with Crippen LogP contribution in [0.15, 0.2) is 180 Å². The van der Waals surface area contributed by atoms with Crippen LogP contribution in [0.1, 0.15) is 11.1 Å². The SMILES string of the molecule is C=Nc1ccccc1C(=Nn1c2ccccc2c2ccc3ccn(-c4ccccc4)c3c21)c1ccc(-c2ccccc2)c2ccccc12. The molecule has 0 aliphatic carbocycles. The second kappa shape index (κ2) is 11.4. The number of aromatic nitrogens is 2. The summed E-state index contributed by atoms with van der Waals surface area (Å²) < 4.78 is 4.41. The number of benzene rings is 7. The number of aliphatic imine (C=N–C) groups is 1. The molecular formula is C44H30N4. The summed E-state index contributed by atoms with van der Waals surface area (Å²) in [6.07, 6.45) is 2.15. The van der Waals surface area contributed by atoms with Crippen molar-refractivity contribution in [2.45, 2.75) is 0 Å². The van der Waals surface area contributed by atoms with Crippen LogP contribution in [0, 0.1) is 0 Å². The van der Waals surface area contributed by atoms with E-state index in [0.29, 0.717) is 0 Å². The summed E-state index contributed by atoms with van der Waals surface area (Å²) in [6.45, 7) is 3.94. The van der Waals surface area contributed by atoms with Crippen molar-refractivity contribution in [3.8, 4) is 16.8 Å². The molecular weight excluding hydrogens is 585 g/mol. The smallest absolute Gasteiger partial charge is 0.101 e. The van der Waals surface area contributed by atoms with Gasteiger partial charge in [0, 0.05) is 39.2 Å². The van der Waals surface area contributed by atoms with E-state index in [9.17, 15) is 0 Å². The largest absolute Gasteiger partial charge is 0.315 e. The zero-order chi connectivity index (χ0) is 32.0. The highest BCUT2D eigenvalue weighted by Gasteiger charge is 2.21. The maximum atomic E-state index is 5.67. The van der Waals surface area contributed by atoms with Crippen molar-refractivity contribution in [3.05, 3.63) is 181 Å². The van der Waals surface area contributed by atoms with Crippen molar-refractivity contribution in [1.82, 2.24) is 9.24 Å². The van der Waals surface area contributed by atoms with E-state index in [2.05, 4.69) is 173 Å². The van der Waals surface area contributed by atoms with Gasteiger partial charge < -0.3 is 4.57 Å². The van der Waals surface area contributed by atoms with Gasteiger partial charge in [-0.2, -0.15) is 5.10 Å². The second-order valence-electron chi connectivity index (χ2n) is 11.9. The van der Waals surface area contributed by atoms with Crippen LogP contribution in [0.2, 0.25) is 0 Å². The molecule has 9 aromatic rings. The molecule has 0 atom stereocenters. The molecule has 2 heterocycles. The fourth-order valence-electron chi connectivity index (χ4n) is 7.10. The highest BCUT2D eigenvalue weighted by atomic mass is 15.4. The zero-order valence-electron chi connectivity index (χ0n) is 26.2. The fraction of sp³-hybridized carbons (Fsp3) is 0. The van der Waals surface area contributed by atoms with E-state index in [0.717, 1.165) is 66.3 Å². The Morgan fingerprint density at radius 2 is 1.19 bits per heavy atom. The van der Waals surface area contributed by atoms with Gasteiger partial charge in [-0.1, -0.05) is 133 Å². The number of para-hydroxylation sites is 3. The summed E-state index contributed by atoms with van der Waals surface area (Å²) in [5.41, 5.74) is 10.2. The third-order valence-corrected chi connectivity index (χ3v) is 9.29. The van der Waals surface area contributed by atoms with Gasteiger partial charge >= 0.3 is 0 Å². The van der Waals surface area contributed by atoms with Crippen LogP contribution in [0.5, 0.6) is 0 Å². The minimum atomic E-state index is 0.783. The van der Waals surface area contributed by atoms with Gasteiger partial charge in [0.05, 0.1) is 22.2 Å². The van der Waals surface area contributed by atoms with Crippen LogP contribution in [0.4, 0.5) is 5.69 Å². The lowest BCUT2D eigenvalue weighted by molar-refractivity contribution is 0.966. The van der Waals surface area contributed by atoms with Gasteiger partial charge in [-0.15, -0.1) is 0 Å². The van der Waals surface area contributed by atoms with Gasteiger partial charge in [0.1, 0.15) is 5.71 Å². The van der Waals surface area contributed by atoms with Gasteiger partial charge in [-0.25, -0.2) is 4.68 Å². The molecule has 0 radical (unpaired) electrons. The molecule has 4 heteroatoms. The maximum Gasteiger partial charge on any atom is 0.101 e. The topological polar surface area (TPSA) is 34.6 Å². The monoisotopic (exact) mass is 614 g/mol. The fourth-order valence-corrected chi connectivity index (χ4v) is 7.10. The number of hydrogen-bond acceptors (Lipinski definition) is 2. The molecule has 0 unspecified atom stereocenters. The Bertz CT molecular complexity index is 2680. The molecule has 0 bridgehead atoms. The van der Waals surface area contributed by atoms with Crippen LogP contribution in [0.3, 0.4) is 0 Å². The predicted octanol–water partition coefficient (Wildman–Crippen LogP) is 11.2. The molecule has 0 aliphatic rings. The van der Waals surface area contributed by atoms with Gasteiger partial charge in [0.25, 0.3) is 0 Å². The summed E-state index contributed by atoms with van der Waals surface area (Å²) in [5, 5.41) is 11.4. The molecule has 7 aromatic carbocycles. The normalized spacial score (nSPS) is 12.0. The van der Waals surface area contributed by atoms with E-state index in [4.69, 9.17) is 5.10 Å². The molecule has 0 saturated heterocycles. The molecule has 48 heavy (non-hydrogen) atoms. The molecule has 2 aromatic heterocycles. The van der Waals surface area contributed by atoms with Gasteiger partial charge in [0.15, 0.2) is 0 Å². The highest BCUT2D eigenvalue weighted by Crippen LogP contribution is 2.38. The first kappa shape index (κ1) is 27.8. The average molecular weight is 615 g/mol. The molecule has 226 valence electrons. The number of hydrogen-bond donors (Lipinski definition) is 0. The van der Waals surface area contributed by atoms with Crippen molar-refractivity contribution in [2.24, 2.45) is 10.1 Å². The lowest BCUT2D eigenvalue weighted by Gasteiger charge is -2.16. The Balaban J connectivity index is 1.42. The quantitative estimate of drug-likeness (QED) is 0.167. The molecule has 0 aliphatic heterocycles. The molecule has 0 spiro atoms. The summed E-state index contributed by atoms with van der Waals surface area (Å²) >= 11 is 0. The highest BCUT2D eigenvalue weighted by molar-refractivity contribution is 6.24. The molecule has 0 saturated carbocycles. The Morgan fingerprint density at radius 1 is 0.500 bits per heavy atom. The van der Waals surface area contributed by atoms with Crippen LogP contribution >= 0.6 is 0 Å². The maximum absolute atomic E-state index is 5.67. The summed E-state index contributed by atoms with van der Waals surface area (Å²) in [6, 6.07) is 57.4. The van der Waals surface area contributed by atoms with Crippen molar-refractivity contribution in [3.63, 3.8) is 0 Å². The van der Waals surface area contributed by atoms with Gasteiger partial charge in [-0.05, 0) is 58.9 Å². The summed E-state index contributed by atoms with van der Waals surface area (Å²) in [7, 11) is 0. The van der Waals surface area contributed by atoms with Gasteiger partial charge in [0.2, 0.25) is 0 Å². The van der Waals surface area contributed by atoms with Gasteiger partial charge in [-0.3, -0.25) is 4.99 Å². The number of rotatable bonds is 6. The van der Waals surface area contributed by atoms with E-state index in [1.165, 1.54) is 16.5 Å². The van der Waals surface area contributed by atoms with E-state index < -0.39 is 0 Å². The van der Waals surface area contributed by atoms with Crippen molar-refractivity contribution >= 4 is 61.6 Å². The van der Waals surface area contributed by atoms with Crippen LogP contribution < -0.4 is 0 Å². The molecule has 0 amide bonds. The second-order valence-corrected chi connectivity index (χ2v) is 11.9. The summed E-state index contributed by atoms with van der Waals surface area (Å²) in [5.74, 6) is 0. The molecule has 0 N–H and O–H groups in total. The van der Waals surface area contributed by atoms with E-state index in [1.807, 2.05) is 18.2 Å². The van der Waals surface area contributed by atoms with Crippen LogP contribution in [-0.4, -0.2) is 21.7 Å². The summed E-state index contributed by atoms with van der Waals surface area (Å²) in [4.78, 5) is 4.47. The Kier molecular flexibility index (Phi) is 6.58. The average Bonchev–Trinajstić information content (AvgIpc) is 3.73. The molecule has 0 fully saturated rings. The lowest BCUT2D eigenvalue weighted by atomic mass is 9.91. The van der Waals surface area contributed by atoms with Crippen molar-refractivity contribution < 1.29 is 0 Å². The first-order valence-electron chi connectivity index (χ1n) is 16.1. The van der Waals surface area contributed by atoms with Crippen LogP contribution in [0.25, 0.3) is 60.3 Å². The molecule has 4 nitrogen and oxygen atoms in total. The number of nitrogens with zero attached hydrogens (tertiary/aromatic N) is 4. The Labute approximate surface area is 278 Å². The standard InChI is InChI=1S/C44H30N4/c1-45-40-22-12-10-21-39(40)42(37-27-26-33(30-14-4-2-5-15-30)34-18-8-9-19-35(34)37)46-48-41-23-13-11-20-36(41)38-25-24-31-28-29-47(43(31)44(38)48)32-16-6-3-7-17-32/h2-29H,1H2. The first-order valence-corrected chi connectivity index (χ1v) is 16.1. The molecule has 9 rings (SSSR count). The third-order valence-electron chi connectivity index (χ3n) is 9.29. The van der Waals surface area contributed by atoms with Crippen molar-refractivity contribution in [1.29, 1.82) is 0 Å². The number of fused-ring (bicyclic) bond motifs is 6. The van der Waals surface area contributed by atoms with E-state index >= 15 is 0 Å².